The molecule has 0 aromatic heterocycles. The number of aliphatic hydroxyl groups is 1. The number of aliphatic hydroxyl groups excluding tert-OH is 1. The Balaban J connectivity index is 2.92. The van der Waals surface area contributed by atoms with Gasteiger partial charge in [-0.25, -0.2) is 4.79 Å². The van der Waals surface area contributed by atoms with Gasteiger partial charge in [-0.05, 0) is 25.0 Å². The second kappa shape index (κ2) is 8.23. The van der Waals surface area contributed by atoms with Gasteiger partial charge in [-0.3, -0.25) is 14.5 Å². The SMILES string of the molecule is CNC(=O)N(/C=C(C=O)/C=C/C=O)[C@H]1CC[C@@H](CO)O1. The first-order valence-electron chi connectivity index (χ1n) is 6.21. The molecule has 0 aliphatic carbocycles. The number of hydrogen-bond donors (Lipinski definition) is 2. The standard InChI is InChI=1S/C13H18N2O5/c1-14-13(19)15(7-10(8-17)3-2-6-16)12-5-4-11(9-18)20-12/h2-3,6-8,11-12,18H,4-5,9H2,1H3,(H,14,19)/b3-2+,10-7-/t11-,12+/m0/s1. The Morgan fingerprint density at radius 3 is 2.70 bits per heavy atom. The number of amides is 2. The lowest BCUT2D eigenvalue weighted by Gasteiger charge is -2.25. The monoisotopic (exact) mass is 282 g/mol. The molecule has 1 aliphatic heterocycles. The second-order valence-electron chi connectivity index (χ2n) is 4.18. The summed E-state index contributed by atoms with van der Waals surface area (Å²) in [5.41, 5.74) is 0.164. The molecule has 0 bridgehead atoms. The van der Waals surface area contributed by atoms with Crippen LogP contribution in [0, 0.1) is 0 Å². The molecule has 0 saturated carbocycles. The molecule has 0 unspecified atom stereocenters. The van der Waals surface area contributed by atoms with E-state index in [1.165, 1.54) is 24.2 Å². The van der Waals surface area contributed by atoms with Gasteiger partial charge in [0, 0.05) is 18.8 Å². The molecule has 110 valence electrons. The zero-order valence-corrected chi connectivity index (χ0v) is 11.2. The number of allylic oxidation sites excluding steroid dienone is 3. The molecule has 7 heteroatoms. The first-order chi connectivity index (χ1) is 9.65. The zero-order valence-electron chi connectivity index (χ0n) is 11.2. The quantitative estimate of drug-likeness (QED) is 0.405. The number of aldehydes is 2. The molecule has 0 spiro atoms. The fraction of sp³-hybridized carbons (Fsp3) is 0.462. The summed E-state index contributed by atoms with van der Waals surface area (Å²) in [6, 6.07) is -0.438. The highest BCUT2D eigenvalue weighted by molar-refractivity contribution is 5.82. The molecule has 1 heterocycles. The zero-order chi connectivity index (χ0) is 15.0. The van der Waals surface area contributed by atoms with E-state index in [-0.39, 0.29) is 18.3 Å². The van der Waals surface area contributed by atoms with Crippen molar-refractivity contribution < 1.29 is 24.2 Å². The Morgan fingerprint density at radius 1 is 1.45 bits per heavy atom. The molecule has 2 atom stereocenters. The molecule has 0 aromatic rings. The van der Waals surface area contributed by atoms with E-state index < -0.39 is 12.3 Å². The van der Waals surface area contributed by atoms with E-state index >= 15 is 0 Å². The van der Waals surface area contributed by atoms with Gasteiger partial charge in [-0.2, -0.15) is 0 Å². The van der Waals surface area contributed by atoms with Crippen molar-refractivity contribution >= 4 is 18.6 Å². The van der Waals surface area contributed by atoms with Crippen LogP contribution >= 0.6 is 0 Å². The Bertz CT molecular complexity index is 419. The number of ether oxygens (including phenoxy) is 1. The van der Waals surface area contributed by atoms with E-state index in [4.69, 9.17) is 9.84 Å². The van der Waals surface area contributed by atoms with E-state index in [1.54, 1.807) is 0 Å². The van der Waals surface area contributed by atoms with Gasteiger partial charge in [0.05, 0.1) is 12.7 Å². The third kappa shape index (κ3) is 4.29. The number of urea groups is 1. The largest absolute Gasteiger partial charge is 0.394 e. The molecule has 0 aromatic carbocycles. The predicted octanol–water partition coefficient (Wildman–Crippen LogP) is -0.0369. The smallest absolute Gasteiger partial charge is 0.323 e. The Labute approximate surface area is 116 Å². The van der Waals surface area contributed by atoms with Crippen molar-refractivity contribution in [2.45, 2.75) is 25.2 Å². The van der Waals surface area contributed by atoms with E-state index in [9.17, 15) is 14.4 Å². The highest BCUT2D eigenvalue weighted by atomic mass is 16.5. The van der Waals surface area contributed by atoms with Gasteiger partial charge in [0.1, 0.15) is 12.5 Å². The molecule has 1 rings (SSSR count). The predicted molar refractivity (Wildman–Crippen MR) is 70.6 cm³/mol. The molecular formula is C13H18N2O5. The molecule has 1 fully saturated rings. The van der Waals surface area contributed by atoms with E-state index in [2.05, 4.69) is 5.32 Å². The van der Waals surface area contributed by atoms with Gasteiger partial charge in [0.25, 0.3) is 0 Å². The lowest BCUT2D eigenvalue weighted by molar-refractivity contribution is -0.104. The minimum atomic E-state index is -0.549. The highest BCUT2D eigenvalue weighted by Crippen LogP contribution is 2.23. The van der Waals surface area contributed by atoms with Crippen LogP contribution in [0.1, 0.15) is 12.8 Å². The number of nitrogens with zero attached hydrogens (tertiary/aromatic N) is 1. The van der Waals surface area contributed by atoms with Gasteiger partial charge in [-0.1, -0.05) is 0 Å². The fourth-order valence-corrected chi connectivity index (χ4v) is 1.85. The van der Waals surface area contributed by atoms with Crippen molar-refractivity contribution in [2.75, 3.05) is 13.7 Å². The van der Waals surface area contributed by atoms with E-state index in [0.717, 1.165) is 6.08 Å². The number of rotatable bonds is 6. The van der Waals surface area contributed by atoms with Crippen LogP contribution in [0.4, 0.5) is 4.79 Å². The molecule has 0 radical (unpaired) electrons. The molecule has 7 nitrogen and oxygen atoms in total. The van der Waals surface area contributed by atoms with Crippen molar-refractivity contribution in [1.82, 2.24) is 10.2 Å². The molecular weight excluding hydrogens is 264 g/mol. The summed E-state index contributed by atoms with van der Waals surface area (Å²) in [5, 5.41) is 11.5. The van der Waals surface area contributed by atoms with Crippen LogP contribution in [-0.4, -0.2) is 54.6 Å². The van der Waals surface area contributed by atoms with Crippen LogP contribution in [0.15, 0.2) is 23.9 Å². The fourth-order valence-electron chi connectivity index (χ4n) is 1.85. The maximum atomic E-state index is 11.8. The first kappa shape index (κ1) is 16.1. The van der Waals surface area contributed by atoms with Crippen LogP contribution in [0.2, 0.25) is 0 Å². The van der Waals surface area contributed by atoms with Crippen molar-refractivity contribution in [2.24, 2.45) is 0 Å². The first-order valence-corrected chi connectivity index (χ1v) is 6.21. The summed E-state index contributed by atoms with van der Waals surface area (Å²) >= 11 is 0. The maximum Gasteiger partial charge on any atom is 0.323 e. The number of nitrogens with one attached hydrogen (secondary N) is 1. The van der Waals surface area contributed by atoms with Crippen molar-refractivity contribution in [3.8, 4) is 0 Å². The summed E-state index contributed by atoms with van der Waals surface area (Å²) in [6.45, 7) is -0.118. The van der Waals surface area contributed by atoms with Crippen LogP contribution in [0.3, 0.4) is 0 Å². The average Bonchev–Trinajstić information content (AvgIpc) is 2.95. The van der Waals surface area contributed by atoms with E-state index in [1.807, 2.05) is 0 Å². The molecule has 2 amide bonds. The van der Waals surface area contributed by atoms with Crippen LogP contribution in [0.25, 0.3) is 0 Å². The van der Waals surface area contributed by atoms with E-state index in [0.29, 0.717) is 25.4 Å². The minimum Gasteiger partial charge on any atom is -0.394 e. The second-order valence-corrected chi connectivity index (χ2v) is 4.18. The van der Waals surface area contributed by atoms with Crippen molar-refractivity contribution in [3.63, 3.8) is 0 Å². The van der Waals surface area contributed by atoms with Crippen LogP contribution in [-0.2, 0) is 14.3 Å². The maximum absolute atomic E-state index is 11.8. The number of hydrogen-bond acceptors (Lipinski definition) is 5. The summed E-state index contributed by atoms with van der Waals surface area (Å²) in [6.07, 6.45) is 5.17. The topological polar surface area (TPSA) is 95.9 Å². The van der Waals surface area contributed by atoms with Crippen molar-refractivity contribution in [3.05, 3.63) is 23.9 Å². The number of carbonyl (C=O) groups is 3. The third-order valence-electron chi connectivity index (χ3n) is 2.84. The minimum absolute atomic E-state index is 0.118. The highest BCUT2D eigenvalue weighted by Gasteiger charge is 2.31. The average molecular weight is 282 g/mol. The molecule has 20 heavy (non-hydrogen) atoms. The lowest BCUT2D eigenvalue weighted by atomic mass is 10.2. The summed E-state index contributed by atoms with van der Waals surface area (Å²) in [5.74, 6) is 0. The van der Waals surface area contributed by atoms with Crippen LogP contribution < -0.4 is 5.32 Å². The summed E-state index contributed by atoms with van der Waals surface area (Å²) in [4.78, 5) is 34.3. The Kier molecular flexibility index (Phi) is 6.61. The normalized spacial score (nSPS) is 22.8. The van der Waals surface area contributed by atoms with Gasteiger partial charge in [0.15, 0.2) is 6.29 Å². The van der Waals surface area contributed by atoms with Crippen molar-refractivity contribution in [1.29, 1.82) is 0 Å². The summed E-state index contributed by atoms with van der Waals surface area (Å²) in [7, 11) is 1.46. The number of carbonyl (C=O) groups excluding carboxylic acids is 3. The Morgan fingerprint density at radius 2 is 2.20 bits per heavy atom. The molecule has 1 saturated heterocycles. The van der Waals surface area contributed by atoms with Gasteiger partial charge in [-0.15, -0.1) is 0 Å². The van der Waals surface area contributed by atoms with Gasteiger partial charge in [0.2, 0.25) is 0 Å². The van der Waals surface area contributed by atoms with Gasteiger partial charge < -0.3 is 15.2 Å². The Hall–Kier alpha value is -1.99. The molecule has 1 aliphatic rings. The summed E-state index contributed by atoms with van der Waals surface area (Å²) < 4.78 is 5.51. The molecule has 2 N–H and O–H groups in total. The van der Waals surface area contributed by atoms with Gasteiger partial charge >= 0.3 is 6.03 Å². The van der Waals surface area contributed by atoms with Crippen LogP contribution in [0.5, 0.6) is 0 Å². The lowest BCUT2D eigenvalue weighted by Crippen LogP contribution is -2.42. The third-order valence-corrected chi connectivity index (χ3v) is 2.84.